The number of ether oxygens (including phenoxy) is 1. The number of rotatable bonds is 11. The largest absolute Gasteiger partial charge is 0.491 e. The Labute approximate surface area is 162 Å². The van der Waals surface area contributed by atoms with Crippen molar-refractivity contribution in [1.29, 1.82) is 0 Å². The second kappa shape index (κ2) is 11.8. The van der Waals surface area contributed by atoms with E-state index in [0.29, 0.717) is 19.0 Å². The summed E-state index contributed by atoms with van der Waals surface area (Å²) in [6.45, 7) is 8.93. The number of aliphatic hydroxyl groups excluding tert-OH is 1. The van der Waals surface area contributed by atoms with Gasteiger partial charge in [-0.2, -0.15) is 0 Å². The van der Waals surface area contributed by atoms with Crippen LogP contribution in [-0.2, 0) is 10.0 Å². The van der Waals surface area contributed by atoms with Crippen molar-refractivity contribution >= 4 is 16.0 Å². The van der Waals surface area contributed by atoms with Gasteiger partial charge < -0.3 is 20.5 Å². The molecule has 0 saturated carbocycles. The van der Waals surface area contributed by atoms with Crippen molar-refractivity contribution in [2.24, 2.45) is 4.99 Å². The third-order valence-electron chi connectivity index (χ3n) is 3.52. The fraction of sp³-hybridized carbons (Fsp3) is 0.611. The zero-order valence-electron chi connectivity index (χ0n) is 16.5. The molecule has 1 unspecified atom stereocenters. The quantitative estimate of drug-likeness (QED) is 0.250. The minimum absolute atomic E-state index is 0.0499. The van der Waals surface area contributed by atoms with Crippen LogP contribution in [0.1, 0.15) is 39.4 Å². The summed E-state index contributed by atoms with van der Waals surface area (Å²) in [6.07, 6.45) is -0.645. The molecule has 27 heavy (non-hydrogen) atoms. The number of aliphatic imine (C=N–C) groups is 1. The minimum Gasteiger partial charge on any atom is -0.491 e. The molecule has 154 valence electrons. The first kappa shape index (κ1) is 23.2. The minimum atomic E-state index is -3.20. The average molecular weight is 401 g/mol. The van der Waals surface area contributed by atoms with Crippen LogP contribution in [-0.4, -0.2) is 57.5 Å². The molecule has 0 saturated heterocycles. The van der Waals surface area contributed by atoms with E-state index in [2.05, 4.69) is 20.3 Å². The molecular formula is C18H32N4O4S. The zero-order chi connectivity index (χ0) is 20.3. The topological polar surface area (TPSA) is 112 Å². The number of nitrogens with one attached hydrogen (secondary N) is 3. The molecule has 0 amide bonds. The van der Waals surface area contributed by atoms with E-state index in [1.165, 1.54) is 0 Å². The van der Waals surface area contributed by atoms with Crippen molar-refractivity contribution < 1.29 is 18.3 Å². The van der Waals surface area contributed by atoms with Crippen LogP contribution in [0.25, 0.3) is 0 Å². The molecule has 9 heteroatoms. The SMILES string of the molecule is CCNC(=NCC(O)c1ccc(OC(C)C)cc1)NCCNS(=O)(=O)CC. The Bertz CT molecular complexity index is 675. The molecule has 0 fully saturated rings. The maximum atomic E-state index is 11.4. The normalized spacial score (nSPS) is 13.5. The van der Waals surface area contributed by atoms with Gasteiger partial charge in [0.05, 0.1) is 24.5 Å². The molecule has 0 aliphatic carbocycles. The summed E-state index contributed by atoms with van der Waals surface area (Å²) < 4.78 is 30.9. The fourth-order valence-electron chi connectivity index (χ4n) is 2.16. The second-order valence-corrected chi connectivity index (χ2v) is 8.29. The number of aliphatic hydroxyl groups is 1. The summed E-state index contributed by atoms with van der Waals surface area (Å²) in [5.74, 6) is 1.33. The van der Waals surface area contributed by atoms with Crippen LogP contribution in [0, 0.1) is 0 Å². The monoisotopic (exact) mass is 400 g/mol. The highest BCUT2D eigenvalue weighted by Crippen LogP contribution is 2.19. The second-order valence-electron chi connectivity index (χ2n) is 6.20. The Hall–Kier alpha value is -1.84. The molecule has 0 spiro atoms. The Morgan fingerprint density at radius 1 is 1.15 bits per heavy atom. The zero-order valence-corrected chi connectivity index (χ0v) is 17.3. The van der Waals surface area contributed by atoms with Crippen molar-refractivity contribution in [3.8, 4) is 5.75 Å². The predicted molar refractivity (Wildman–Crippen MR) is 109 cm³/mol. The molecule has 4 N–H and O–H groups in total. The molecule has 0 aliphatic heterocycles. The van der Waals surface area contributed by atoms with Crippen LogP contribution in [0.5, 0.6) is 5.75 Å². The van der Waals surface area contributed by atoms with Gasteiger partial charge in [-0.25, -0.2) is 13.1 Å². The fourth-order valence-corrected chi connectivity index (χ4v) is 2.77. The third kappa shape index (κ3) is 9.60. The third-order valence-corrected chi connectivity index (χ3v) is 4.93. The lowest BCUT2D eigenvalue weighted by Crippen LogP contribution is -2.42. The molecule has 1 aromatic carbocycles. The smallest absolute Gasteiger partial charge is 0.211 e. The first-order chi connectivity index (χ1) is 12.8. The van der Waals surface area contributed by atoms with Crippen molar-refractivity contribution in [2.45, 2.75) is 39.9 Å². The van der Waals surface area contributed by atoms with Gasteiger partial charge in [-0.3, -0.25) is 4.99 Å². The lowest BCUT2D eigenvalue weighted by Gasteiger charge is -2.14. The van der Waals surface area contributed by atoms with E-state index in [1.54, 1.807) is 6.92 Å². The van der Waals surface area contributed by atoms with Crippen LogP contribution < -0.4 is 20.1 Å². The summed E-state index contributed by atoms with van der Waals surface area (Å²) >= 11 is 0. The van der Waals surface area contributed by atoms with E-state index in [-0.39, 0.29) is 24.9 Å². The van der Waals surface area contributed by atoms with Gasteiger partial charge in [0.2, 0.25) is 10.0 Å². The van der Waals surface area contributed by atoms with Crippen molar-refractivity contribution in [3.05, 3.63) is 29.8 Å². The molecule has 0 aromatic heterocycles. The van der Waals surface area contributed by atoms with E-state index in [4.69, 9.17) is 4.74 Å². The number of guanidine groups is 1. The van der Waals surface area contributed by atoms with Gasteiger partial charge in [-0.1, -0.05) is 12.1 Å². The highest BCUT2D eigenvalue weighted by Gasteiger charge is 2.09. The van der Waals surface area contributed by atoms with E-state index in [0.717, 1.165) is 11.3 Å². The van der Waals surface area contributed by atoms with Crippen molar-refractivity contribution in [1.82, 2.24) is 15.4 Å². The highest BCUT2D eigenvalue weighted by molar-refractivity contribution is 7.89. The molecule has 1 atom stereocenters. The Balaban J connectivity index is 2.55. The molecule has 0 heterocycles. The number of hydrogen-bond donors (Lipinski definition) is 4. The molecule has 0 radical (unpaired) electrons. The number of nitrogens with zero attached hydrogens (tertiary/aromatic N) is 1. The first-order valence-corrected chi connectivity index (χ1v) is 10.9. The Morgan fingerprint density at radius 3 is 2.37 bits per heavy atom. The molecule has 1 rings (SSSR count). The lowest BCUT2D eigenvalue weighted by atomic mass is 10.1. The Morgan fingerprint density at radius 2 is 1.81 bits per heavy atom. The lowest BCUT2D eigenvalue weighted by molar-refractivity contribution is 0.186. The van der Waals surface area contributed by atoms with Crippen LogP contribution >= 0.6 is 0 Å². The standard InChI is InChI=1S/C18H32N4O4S/c1-5-19-18(20-11-12-22-27(24,25)6-2)21-13-17(23)15-7-9-16(10-8-15)26-14(3)4/h7-10,14,17,22-23H,5-6,11-13H2,1-4H3,(H2,19,20,21). The van der Waals surface area contributed by atoms with Gasteiger partial charge in [0.1, 0.15) is 5.75 Å². The van der Waals surface area contributed by atoms with Gasteiger partial charge in [-0.05, 0) is 45.4 Å². The van der Waals surface area contributed by atoms with Gasteiger partial charge in [0.15, 0.2) is 5.96 Å². The summed E-state index contributed by atoms with van der Waals surface area (Å²) in [5.41, 5.74) is 0.751. The summed E-state index contributed by atoms with van der Waals surface area (Å²) in [4.78, 5) is 4.35. The molecule has 0 bridgehead atoms. The Kier molecular flexibility index (Phi) is 10.1. The van der Waals surface area contributed by atoms with E-state index < -0.39 is 16.1 Å². The van der Waals surface area contributed by atoms with E-state index in [9.17, 15) is 13.5 Å². The van der Waals surface area contributed by atoms with Crippen LogP contribution in [0.2, 0.25) is 0 Å². The van der Waals surface area contributed by atoms with Gasteiger partial charge in [-0.15, -0.1) is 0 Å². The molecule has 0 aliphatic rings. The summed E-state index contributed by atoms with van der Waals surface area (Å²) in [6, 6.07) is 7.28. The van der Waals surface area contributed by atoms with Crippen molar-refractivity contribution in [3.63, 3.8) is 0 Å². The van der Waals surface area contributed by atoms with Gasteiger partial charge in [0.25, 0.3) is 0 Å². The van der Waals surface area contributed by atoms with Crippen LogP contribution in [0.15, 0.2) is 29.3 Å². The maximum absolute atomic E-state index is 11.4. The van der Waals surface area contributed by atoms with E-state index in [1.807, 2.05) is 45.0 Å². The molecule has 8 nitrogen and oxygen atoms in total. The number of sulfonamides is 1. The summed E-state index contributed by atoms with van der Waals surface area (Å²) in [7, 11) is -3.20. The van der Waals surface area contributed by atoms with Crippen molar-refractivity contribution in [2.75, 3.05) is 31.9 Å². The number of hydrogen-bond acceptors (Lipinski definition) is 5. The van der Waals surface area contributed by atoms with Gasteiger partial charge in [0, 0.05) is 19.6 Å². The molecule has 1 aromatic rings. The average Bonchev–Trinajstić information content (AvgIpc) is 2.63. The maximum Gasteiger partial charge on any atom is 0.211 e. The van der Waals surface area contributed by atoms with Crippen LogP contribution in [0.4, 0.5) is 0 Å². The highest BCUT2D eigenvalue weighted by atomic mass is 32.2. The van der Waals surface area contributed by atoms with Crippen LogP contribution in [0.3, 0.4) is 0 Å². The van der Waals surface area contributed by atoms with Gasteiger partial charge >= 0.3 is 0 Å². The summed E-state index contributed by atoms with van der Waals surface area (Å²) in [5, 5.41) is 16.4. The first-order valence-electron chi connectivity index (χ1n) is 9.21. The number of benzene rings is 1. The van der Waals surface area contributed by atoms with E-state index >= 15 is 0 Å². The predicted octanol–water partition coefficient (Wildman–Crippen LogP) is 1.00. The molecular weight excluding hydrogens is 368 g/mol.